The quantitative estimate of drug-likeness (QED) is 0.473. The Bertz CT molecular complexity index is 1020. The highest BCUT2D eigenvalue weighted by molar-refractivity contribution is 5.96. The molecule has 0 spiro atoms. The molecule has 37 heavy (non-hydrogen) atoms. The zero-order valence-corrected chi connectivity index (χ0v) is 23.8. The monoisotopic (exact) mass is 516 g/mol. The first-order chi connectivity index (χ1) is 17.2. The van der Waals surface area contributed by atoms with Gasteiger partial charge in [0.05, 0.1) is 31.3 Å². The molecule has 0 unspecified atom stereocenters. The molecule has 12 atom stereocenters. The Morgan fingerprint density at radius 3 is 2.35 bits per heavy atom. The summed E-state index contributed by atoms with van der Waals surface area (Å²) < 4.78 is 5.42. The molecule has 6 heteroatoms. The SMILES string of the molecule is COC(=O)[C@]12CC[C@@H](C)[C@H](C)[C@H]1C1=CC(=O)[C@@H]3[C@@]4(C)C[C@@H](O)[C@H](O)[C@@](C)(CO)[C@H]4CC[C@@]3(C)[C@]1(C)CC2. The van der Waals surface area contributed by atoms with Gasteiger partial charge >= 0.3 is 5.97 Å². The van der Waals surface area contributed by atoms with E-state index < -0.39 is 28.5 Å². The Morgan fingerprint density at radius 1 is 1.05 bits per heavy atom. The van der Waals surface area contributed by atoms with Gasteiger partial charge in [-0.1, -0.05) is 47.1 Å². The van der Waals surface area contributed by atoms with Crippen molar-refractivity contribution < 1.29 is 29.6 Å². The average molecular weight is 517 g/mol. The van der Waals surface area contributed by atoms with Gasteiger partial charge in [-0.3, -0.25) is 9.59 Å². The number of methoxy groups -OCH3 is 1. The van der Waals surface area contributed by atoms with E-state index in [0.717, 1.165) is 44.1 Å². The summed E-state index contributed by atoms with van der Waals surface area (Å²) >= 11 is 0. The molecule has 6 nitrogen and oxygen atoms in total. The number of esters is 1. The molecular formula is C31H48O6. The van der Waals surface area contributed by atoms with Gasteiger partial charge < -0.3 is 20.1 Å². The van der Waals surface area contributed by atoms with E-state index in [2.05, 4.69) is 34.6 Å². The van der Waals surface area contributed by atoms with Crippen molar-refractivity contribution in [1.29, 1.82) is 0 Å². The van der Waals surface area contributed by atoms with Crippen LogP contribution in [0.25, 0.3) is 0 Å². The smallest absolute Gasteiger partial charge is 0.312 e. The second-order valence-corrected chi connectivity index (χ2v) is 14.7. The van der Waals surface area contributed by atoms with Gasteiger partial charge in [0.15, 0.2) is 5.78 Å². The maximum absolute atomic E-state index is 14.4. The molecule has 0 aromatic rings. The van der Waals surface area contributed by atoms with Gasteiger partial charge in [-0.15, -0.1) is 0 Å². The molecule has 0 aliphatic heterocycles. The second kappa shape index (κ2) is 8.38. The van der Waals surface area contributed by atoms with Crippen LogP contribution in [-0.4, -0.2) is 53.0 Å². The Kier molecular flexibility index (Phi) is 6.19. The van der Waals surface area contributed by atoms with E-state index in [4.69, 9.17) is 4.74 Å². The highest BCUT2D eigenvalue weighted by Crippen LogP contribution is 2.75. The predicted molar refractivity (Wildman–Crippen MR) is 140 cm³/mol. The number of fused-ring (bicyclic) bond motifs is 7. The summed E-state index contributed by atoms with van der Waals surface area (Å²) in [5.74, 6) is 0.284. The molecule has 0 aromatic carbocycles. The van der Waals surface area contributed by atoms with Crippen LogP contribution in [0.2, 0.25) is 0 Å². The van der Waals surface area contributed by atoms with Crippen LogP contribution in [-0.2, 0) is 14.3 Å². The van der Waals surface area contributed by atoms with E-state index in [0.29, 0.717) is 12.3 Å². The highest BCUT2D eigenvalue weighted by atomic mass is 16.5. The molecule has 0 heterocycles. The fourth-order valence-electron chi connectivity index (χ4n) is 11.0. The molecule has 4 fully saturated rings. The van der Waals surface area contributed by atoms with E-state index in [1.165, 1.54) is 7.11 Å². The number of carbonyl (C=O) groups excluding carboxylic acids is 2. The number of carbonyl (C=O) groups is 2. The number of hydrogen-bond acceptors (Lipinski definition) is 6. The maximum Gasteiger partial charge on any atom is 0.312 e. The third-order valence-electron chi connectivity index (χ3n) is 13.4. The molecular weight excluding hydrogens is 468 g/mol. The molecule has 0 bridgehead atoms. The first kappa shape index (κ1) is 27.3. The Balaban J connectivity index is 1.67. The van der Waals surface area contributed by atoms with Crippen molar-refractivity contribution in [3.8, 4) is 0 Å². The van der Waals surface area contributed by atoms with Crippen LogP contribution in [0, 0.1) is 56.7 Å². The zero-order chi connectivity index (χ0) is 27.3. The molecule has 5 rings (SSSR count). The number of ketones is 1. The zero-order valence-electron chi connectivity index (χ0n) is 23.8. The number of aliphatic hydroxyl groups is 3. The van der Waals surface area contributed by atoms with Crippen molar-refractivity contribution in [2.24, 2.45) is 56.7 Å². The fourth-order valence-corrected chi connectivity index (χ4v) is 11.0. The lowest BCUT2D eigenvalue weighted by atomic mass is 9.33. The summed E-state index contributed by atoms with van der Waals surface area (Å²) in [7, 11) is 1.49. The molecule has 208 valence electrons. The summed E-state index contributed by atoms with van der Waals surface area (Å²) in [5, 5.41) is 32.4. The van der Waals surface area contributed by atoms with Gasteiger partial charge in [0.2, 0.25) is 0 Å². The third-order valence-corrected chi connectivity index (χ3v) is 13.4. The van der Waals surface area contributed by atoms with Crippen molar-refractivity contribution in [3.63, 3.8) is 0 Å². The van der Waals surface area contributed by atoms with Gasteiger partial charge in [0, 0.05) is 11.3 Å². The summed E-state index contributed by atoms with van der Waals surface area (Å²) in [6, 6.07) is 0. The molecule has 4 saturated carbocycles. The Hall–Kier alpha value is -1.24. The van der Waals surface area contributed by atoms with Crippen LogP contribution in [0.3, 0.4) is 0 Å². The van der Waals surface area contributed by atoms with Gasteiger partial charge in [0.25, 0.3) is 0 Å². The van der Waals surface area contributed by atoms with Crippen molar-refractivity contribution in [1.82, 2.24) is 0 Å². The minimum Gasteiger partial charge on any atom is -0.469 e. The number of rotatable bonds is 2. The van der Waals surface area contributed by atoms with Crippen LogP contribution in [0.1, 0.15) is 86.5 Å². The lowest BCUT2D eigenvalue weighted by Gasteiger charge is -2.71. The van der Waals surface area contributed by atoms with Crippen molar-refractivity contribution in [3.05, 3.63) is 11.6 Å². The lowest BCUT2D eigenvalue weighted by Crippen LogP contribution is -2.70. The average Bonchev–Trinajstić information content (AvgIpc) is 2.85. The maximum atomic E-state index is 14.4. The second-order valence-electron chi connectivity index (χ2n) is 14.7. The van der Waals surface area contributed by atoms with Crippen LogP contribution in [0.4, 0.5) is 0 Å². The van der Waals surface area contributed by atoms with Crippen molar-refractivity contribution in [2.75, 3.05) is 13.7 Å². The number of ether oxygens (including phenoxy) is 1. The number of allylic oxidation sites excluding steroid dienone is 2. The molecule has 0 saturated heterocycles. The minimum absolute atomic E-state index is 0.0174. The molecule has 0 aromatic heterocycles. The van der Waals surface area contributed by atoms with Gasteiger partial charge in [0.1, 0.15) is 0 Å². The van der Waals surface area contributed by atoms with Gasteiger partial charge in [-0.05, 0) is 90.9 Å². The van der Waals surface area contributed by atoms with E-state index in [1.807, 2.05) is 13.0 Å². The van der Waals surface area contributed by atoms with Crippen LogP contribution in [0.15, 0.2) is 11.6 Å². The number of aliphatic hydroxyl groups excluding tert-OH is 3. The molecule has 3 N–H and O–H groups in total. The first-order valence-corrected chi connectivity index (χ1v) is 14.5. The normalized spacial score (nSPS) is 55.2. The topological polar surface area (TPSA) is 104 Å². The largest absolute Gasteiger partial charge is 0.469 e. The minimum atomic E-state index is -1.01. The summed E-state index contributed by atoms with van der Waals surface area (Å²) in [6.45, 7) is 12.9. The Labute approximate surface area is 222 Å². The van der Waals surface area contributed by atoms with E-state index in [-0.39, 0.29) is 52.9 Å². The van der Waals surface area contributed by atoms with Gasteiger partial charge in [-0.2, -0.15) is 0 Å². The van der Waals surface area contributed by atoms with Crippen LogP contribution < -0.4 is 0 Å². The summed E-state index contributed by atoms with van der Waals surface area (Å²) in [4.78, 5) is 27.8. The summed E-state index contributed by atoms with van der Waals surface area (Å²) in [6.07, 6.45) is 5.25. The highest BCUT2D eigenvalue weighted by Gasteiger charge is 2.72. The molecule has 0 radical (unpaired) electrons. The predicted octanol–water partition coefficient (Wildman–Crippen LogP) is 4.30. The Morgan fingerprint density at radius 2 is 1.73 bits per heavy atom. The molecule has 5 aliphatic carbocycles. The first-order valence-electron chi connectivity index (χ1n) is 14.5. The van der Waals surface area contributed by atoms with Crippen LogP contribution >= 0.6 is 0 Å². The van der Waals surface area contributed by atoms with Crippen molar-refractivity contribution in [2.45, 2.75) is 98.7 Å². The third kappa shape index (κ3) is 3.15. The molecule has 0 amide bonds. The molecule has 5 aliphatic rings. The van der Waals surface area contributed by atoms with E-state index in [1.54, 1.807) is 0 Å². The lowest BCUT2D eigenvalue weighted by molar-refractivity contribution is -0.239. The summed E-state index contributed by atoms with van der Waals surface area (Å²) in [5.41, 5.74) is -1.44. The van der Waals surface area contributed by atoms with E-state index in [9.17, 15) is 24.9 Å². The van der Waals surface area contributed by atoms with Crippen molar-refractivity contribution >= 4 is 11.8 Å². The fraction of sp³-hybridized carbons (Fsp3) is 0.871. The van der Waals surface area contributed by atoms with E-state index >= 15 is 0 Å². The van der Waals surface area contributed by atoms with Gasteiger partial charge in [-0.25, -0.2) is 0 Å². The van der Waals surface area contributed by atoms with Crippen LogP contribution in [0.5, 0.6) is 0 Å². The standard InChI is InChI=1S/C31H48O6/c1-17-8-11-31(26(36)37-7)13-12-29(5)19(23(31)18(17)2)14-20(33)24-27(3)15-21(34)25(35)28(4,16-32)22(27)9-10-30(24,29)6/h14,17-18,21-25,32,34-35H,8-13,15-16H2,1-7H3/t17-,18+,21-,22+,23+,24-,25+,27+,28+,29-,30-,31+/m1/s1. The number of hydrogen-bond donors (Lipinski definition) is 3.